The molecule has 0 unspecified atom stereocenters. The number of hydrogen-bond donors (Lipinski definition) is 2. The molecule has 2 rings (SSSR count). The fourth-order valence-electron chi connectivity index (χ4n) is 0.977. The number of H-pyrrole nitrogens is 1. The van der Waals surface area contributed by atoms with Gasteiger partial charge in [0.1, 0.15) is 5.82 Å². The van der Waals surface area contributed by atoms with Gasteiger partial charge in [0, 0.05) is 23.5 Å². The summed E-state index contributed by atoms with van der Waals surface area (Å²) in [4.78, 5) is 21.4. The topological polar surface area (TPSA) is 70.7 Å². The first-order valence-corrected chi connectivity index (χ1v) is 4.89. The number of aromatic amines is 1. The lowest BCUT2D eigenvalue weighted by atomic mass is 10.5. The molecule has 14 heavy (non-hydrogen) atoms. The van der Waals surface area contributed by atoms with E-state index in [1.807, 2.05) is 0 Å². The Hall–Kier alpha value is -1.69. The van der Waals surface area contributed by atoms with Gasteiger partial charge in [0.05, 0.1) is 12.7 Å². The van der Waals surface area contributed by atoms with E-state index in [2.05, 4.69) is 20.3 Å². The smallest absolute Gasteiger partial charge is 0.304 e. The highest BCUT2D eigenvalue weighted by Crippen LogP contribution is 2.01. The molecule has 0 atom stereocenters. The Morgan fingerprint density at radius 2 is 2.43 bits per heavy atom. The first-order valence-electron chi connectivity index (χ1n) is 4.01. The number of nitrogens with zero attached hydrogens (tertiary/aromatic N) is 2. The Kier molecular flexibility index (Phi) is 2.55. The molecule has 5 nitrogen and oxygen atoms in total. The summed E-state index contributed by atoms with van der Waals surface area (Å²) >= 11 is 1.15. The molecule has 2 N–H and O–H groups in total. The molecule has 6 heteroatoms. The molecule has 0 saturated carbocycles. The maximum atomic E-state index is 10.8. The number of thiazole rings is 1. The van der Waals surface area contributed by atoms with Gasteiger partial charge in [-0.3, -0.25) is 9.78 Å². The molecular weight excluding hydrogens is 200 g/mol. The first kappa shape index (κ1) is 8.89. The third-order valence-electron chi connectivity index (χ3n) is 1.59. The summed E-state index contributed by atoms with van der Waals surface area (Å²) in [6.45, 7) is 0.553. The van der Waals surface area contributed by atoms with E-state index >= 15 is 0 Å². The first-order chi connectivity index (χ1) is 6.84. The standard InChI is InChI=1S/C8H8N4OS/c13-8-12-6(5-14-8)3-11-7-4-9-1-2-10-7/h1-2,4-5H,3H2,(H,10,11)(H,12,13). The maximum Gasteiger partial charge on any atom is 0.304 e. The van der Waals surface area contributed by atoms with Crippen LogP contribution in [0.1, 0.15) is 5.69 Å². The molecular formula is C8H8N4OS. The van der Waals surface area contributed by atoms with Crippen molar-refractivity contribution in [2.24, 2.45) is 0 Å². The van der Waals surface area contributed by atoms with Crippen molar-refractivity contribution in [2.45, 2.75) is 6.54 Å². The fourth-order valence-corrected chi connectivity index (χ4v) is 1.56. The Labute approximate surface area is 83.9 Å². The average Bonchev–Trinajstić information content (AvgIpc) is 2.63. The summed E-state index contributed by atoms with van der Waals surface area (Å²) in [6, 6.07) is 0. The normalized spacial score (nSPS) is 10.0. The molecule has 2 aromatic rings. The molecule has 0 aromatic carbocycles. The van der Waals surface area contributed by atoms with E-state index in [1.165, 1.54) is 0 Å². The van der Waals surface area contributed by atoms with Crippen LogP contribution >= 0.6 is 11.3 Å². The zero-order valence-corrected chi connectivity index (χ0v) is 8.04. The van der Waals surface area contributed by atoms with Crippen molar-refractivity contribution < 1.29 is 0 Å². The fraction of sp³-hybridized carbons (Fsp3) is 0.125. The van der Waals surface area contributed by atoms with Gasteiger partial charge in [0.25, 0.3) is 0 Å². The van der Waals surface area contributed by atoms with Gasteiger partial charge in [-0.25, -0.2) is 4.98 Å². The number of aromatic nitrogens is 3. The SMILES string of the molecule is O=c1[nH]c(CNc2cnccn2)cs1. The van der Waals surface area contributed by atoms with Crippen molar-refractivity contribution in [3.8, 4) is 0 Å². The Morgan fingerprint density at radius 3 is 3.07 bits per heavy atom. The van der Waals surface area contributed by atoms with Gasteiger partial charge in [-0.1, -0.05) is 11.3 Å². The lowest BCUT2D eigenvalue weighted by Crippen LogP contribution is -2.03. The number of nitrogens with one attached hydrogen (secondary N) is 2. The Balaban J connectivity index is 1.98. The Morgan fingerprint density at radius 1 is 1.50 bits per heavy atom. The van der Waals surface area contributed by atoms with Crippen LogP contribution in [0.5, 0.6) is 0 Å². The highest BCUT2D eigenvalue weighted by atomic mass is 32.1. The molecule has 0 aliphatic heterocycles. The van der Waals surface area contributed by atoms with Crippen LogP contribution in [0.15, 0.2) is 28.8 Å². The number of hydrogen-bond acceptors (Lipinski definition) is 5. The summed E-state index contributed by atoms with van der Waals surface area (Å²) in [7, 11) is 0. The maximum absolute atomic E-state index is 10.8. The minimum atomic E-state index is -0.0408. The summed E-state index contributed by atoms with van der Waals surface area (Å²) in [5.41, 5.74) is 0.852. The van der Waals surface area contributed by atoms with Crippen molar-refractivity contribution in [3.63, 3.8) is 0 Å². The van der Waals surface area contributed by atoms with Gasteiger partial charge in [0.15, 0.2) is 0 Å². The van der Waals surface area contributed by atoms with Gasteiger partial charge in [0.2, 0.25) is 0 Å². The third kappa shape index (κ3) is 2.17. The Bertz CT molecular complexity index is 450. The van der Waals surface area contributed by atoms with Gasteiger partial charge in [-0.15, -0.1) is 0 Å². The minimum Gasteiger partial charge on any atom is -0.363 e. The molecule has 0 spiro atoms. The molecule has 0 aliphatic carbocycles. The predicted molar refractivity (Wildman–Crippen MR) is 54.3 cm³/mol. The van der Waals surface area contributed by atoms with Crippen LogP contribution in [-0.4, -0.2) is 15.0 Å². The molecule has 0 saturated heterocycles. The molecule has 0 aliphatic rings. The molecule has 0 amide bonds. The second-order valence-corrected chi connectivity index (χ2v) is 3.46. The van der Waals surface area contributed by atoms with Crippen LogP contribution in [0, 0.1) is 0 Å². The summed E-state index contributed by atoms with van der Waals surface area (Å²) in [5.74, 6) is 0.694. The second kappa shape index (κ2) is 4.01. The van der Waals surface area contributed by atoms with Crippen LogP contribution in [0.3, 0.4) is 0 Å². The zero-order chi connectivity index (χ0) is 9.80. The zero-order valence-electron chi connectivity index (χ0n) is 7.23. The van der Waals surface area contributed by atoms with Gasteiger partial charge in [-0.2, -0.15) is 0 Å². The lowest BCUT2D eigenvalue weighted by molar-refractivity contribution is 1.03. The van der Waals surface area contributed by atoms with Crippen LogP contribution in [0.2, 0.25) is 0 Å². The highest BCUT2D eigenvalue weighted by Gasteiger charge is 1.96. The molecule has 2 heterocycles. The van der Waals surface area contributed by atoms with E-state index in [0.29, 0.717) is 12.4 Å². The largest absolute Gasteiger partial charge is 0.363 e. The van der Waals surface area contributed by atoms with E-state index in [-0.39, 0.29) is 4.87 Å². The number of anilines is 1. The average molecular weight is 208 g/mol. The monoisotopic (exact) mass is 208 g/mol. The molecule has 0 radical (unpaired) electrons. The lowest BCUT2D eigenvalue weighted by Gasteiger charge is -2.01. The van der Waals surface area contributed by atoms with Crippen molar-refractivity contribution in [3.05, 3.63) is 39.3 Å². The van der Waals surface area contributed by atoms with Crippen molar-refractivity contribution in [1.82, 2.24) is 15.0 Å². The van der Waals surface area contributed by atoms with Gasteiger partial charge in [-0.05, 0) is 0 Å². The van der Waals surface area contributed by atoms with Crippen LogP contribution < -0.4 is 10.2 Å². The molecule has 0 fully saturated rings. The van der Waals surface area contributed by atoms with Crippen molar-refractivity contribution in [2.75, 3.05) is 5.32 Å². The van der Waals surface area contributed by atoms with E-state index in [1.54, 1.807) is 24.0 Å². The summed E-state index contributed by atoms with van der Waals surface area (Å²) in [6.07, 6.45) is 4.85. The summed E-state index contributed by atoms with van der Waals surface area (Å²) < 4.78 is 0. The molecule has 2 aromatic heterocycles. The van der Waals surface area contributed by atoms with Crippen LogP contribution in [0.25, 0.3) is 0 Å². The van der Waals surface area contributed by atoms with E-state index in [0.717, 1.165) is 17.0 Å². The van der Waals surface area contributed by atoms with Crippen LogP contribution in [0.4, 0.5) is 5.82 Å². The molecule has 0 bridgehead atoms. The number of rotatable bonds is 3. The summed E-state index contributed by atoms with van der Waals surface area (Å²) in [5, 5.41) is 4.82. The second-order valence-electron chi connectivity index (χ2n) is 2.62. The van der Waals surface area contributed by atoms with Gasteiger partial charge < -0.3 is 10.3 Å². The highest BCUT2D eigenvalue weighted by molar-refractivity contribution is 7.07. The van der Waals surface area contributed by atoms with E-state index in [4.69, 9.17) is 0 Å². The van der Waals surface area contributed by atoms with Crippen molar-refractivity contribution in [1.29, 1.82) is 0 Å². The van der Waals surface area contributed by atoms with E-state index in [9.17, 15) is 4.79 Å². The predicted octanol–water partition coefficient (Wildman–Crippen LogP) is 0.839. The quantitative estimate of drug-likeness (QED) is 0.784. The van der Waals surface area contributed by atoms with E-state index < -0.39 is 0 Å². The molecule has 72 valence electrons. The van der Waals surface area contributed by atoms with Gasteiger partial charge >= 0.3 is 4.87 Å². The van der Waals surface area contributed by atoms with Crippen LogP contribution in [-0.2, 0) is 6.54 Å². The minimum absolute atomic E-state index is 0.0408. The third-order valence-corrected chi connectivity index (χ3v) is 2.31. The van der Waals surface area contributed by atoms with Crippen molar-refractivity contribution >= 4 is 17.2 Å².